The maximum Gasteiger partial charge on any atom is 0.266 e. The summed E-state index contributed by atoms with van der Waals surface area (Å²) in [5.41, 5.74) is 3.52. The van der Waals surface area contributed by atoms with Gasteiger partial charge in [-0.05, 0) is 48.7 Å². The Balaban J connectivity index is 1.45. The summed E-state index contributed by atoms with van der Waals surface area (Å²) in [5, 5.41) is 3.93. The van der Waals surface area contributed by atoms with Crippen molar-refractivity contribution in [1.82, 2.24) is 9.55 Å². The third-order valence-electron chi connectivity index (χ3n) is 6.23. The van der Waals surface area contributed by atoms with E-state index >= 15 is 0 Å². The van der Waals surface area contributed by atoms with E-state index in [2.05, 4.69) is 5.32 Å². The molecule has 182 valence electrons. The molecule has 0 saturated carbocycles. The molecule has 0 spiro atoms. The molecule has 0 bridgehead atoms. The molecule has 7 nitrogen and oxygen atoms in total. The lowest BCUT2D eigenvalue weighted by Crippen LogP contribution is -2.26. The molecule has 1 fully saturated rings. The highest BCUT2D eigenvalue weighted by Crippen LogP contribution is 2.30. The lowest BCUT2D eigenvalue weighted by atomic mass is 10.1. The molecule has 8 heteroatoms. The number of rotatable bonds is 7. The number of fused-ring (bicyclic) bond motifs is 1. The Labute approximate surface area is 213 Å². The van der Waals surface area contributed by atoms with Crippen LogP contribution in [0.25, 0.3) is 16.6 Å². The van der Waals surface area contributed by atoms with Crippen LogP contribution < -0.4 is 15.8 Å². The minimum absolute atomic E-state index is 0.0569. The summed E-state index contributed by atoms with van der Waals surface area (Å²) in [5.74, 6) is -0.122. The van der Waals surface area contributed by atoms with E-state index in [1.807, 2.05) is 61.5 Å². The lowest BCUT2D eigenvalue weighted by molar-refractivity contribution is -0.117. The highest BCUT2D eigenvalue weighted by molar-refractivity contribution is 7.99. The van der Waals surface area contributed by atoms with Crippen molar-refractivity contribution in [3.05, 3.63) is 88.7 Å². The van der Waals surface area contributed by atoms with E-state index in [-0.39, 0.29) is 23.1 Å². The van der Waals surface area contributed by atoms with Crippen molar-refractivity contribution in [1.29, 1.82) is 0 Å². The molecule has 1 saturated heterocycles. The van der Waals surface area contributed by atoms with Gasteiger partial charge in [-0.2, -0.15) is 0 Å². The molecule has 0 radical (unpaired) electrons. The molecular weight excluding hydrogens is 472 g/mol. The fraction of sp³-hybridized carbons (Fsp3) is 0.214. The first-order valence-corrected chi connectivity index (χ1v) is 13.0. The lowest BCUT2D eigenvalue weighted by Gasteiger charge is -2.20. The Morgan fingerprint density at radius 1 is 0.972 bits per heavy atom. The van der Waals surface area contributed by atoms with Crippen molar-refractivity contribution in [3.8, 4) is 5.69 Å². The number of carbonyl (C=O) groups is 2. The second-order valence-corrected chi connectivity index (χ2v) is 9.48. The number of anilines is 2. The Morgan fingerprint density at radius 2 is 1.69 bits per heavy atom. The molecule has 0 atom stereocenters. The average Bonchev–Trinajstić information content (AvgIpc) is 3.33. The van der Waals surface area contributed by atoms with Crippen LogP contribution in [0, 0.1) is 0 Å². The highest BCUT2D eigenvalue weighted by atomic mass is 32.2. The maximum atomic E-state index is 13.5. The van der Waals surface area contributed by atoms with Crippen molar-refractivity contribution in [3.63, 3.8) is 0 Å². The highest BCUT2D eigenvalue weighted by Gasteiger charge is 2.24. The first-order chi connectivity index (χ1) is 17.6. The van der Waals surface area contributed by atoms with Crippen molar-refractivity contribution in [2.45, 2.75) is 31.3 Å². The van der Waals surface area contributed by atoms with Crippen LogP contribution in [0.15, 0.2) is 82.7 Å². The molecule has 5 rings (SSSR count). The van der Waals surface area contributed by atoms with Gasteiger partial charge in [-0.3, -0.25) is 19.0 Å². The fourth-order valence-corrected chi connectivity index (χ4v) is 5.29. The molecule has 36 heavy (non-hydrogen) atoms. The van der Waals surface area contributed by atoms with E-state index in [4.69, 9.17) is 4.98 Å². The smallest absolute Gasteiger partial charge is 0.266 e. The maximum absolute atomic E-state index is 13.5. The molecule has 1 aromatic heterocycles. The van der Waals surface area contributed by atoms with E-state index in [1.165, 1.54) is 11.8 Å². The van der Waals surface area contributed by atoms with E-state index < -0.39 is 0 Å². The number of nitrogens with zero attached hydrogens (tertiary/aromatic N) is 3. The summed E-state index contributed by atoms with van der Waals surface area (Å²) in [4.78, 5) is 45.3. The Bertz CT molecular complexity index is 1510. The minimum Gasteiger partial charge on any atom is -0.324 e. The number of nitrogens with one attached hydrogen (secondary N) is 1. The van der Waals surface area contributed by atoms with Gasteiger partial charge in [0.15, 0.2) is 5.16 Å². The number of hydrogen-bond acceptors (Lipinski definition) is 5. The zero-order chi connectivity index (χ0) is 25.1. The SMILES string of the molecule is CCc1ccccc1-n1c(SCC(=O)Nc2ccccc2N2CCCC2=O)nc2ccccc2c1=O. The number of amides is 2. The Morgan fingerprint density at radius 3 is 2.47 bits per heavy atom. The summed E-state index contributed by atoms with van der Waals surface area (Å²) >= 11 is 1.22. The minimum atomic E-state index is -0.239. The zero-order valence-electron chi connectivity index (χ0n) is 19.9. The van der Waals surface area contributed by atoms with Crippen LogP contribution in [0.1, 0.15) is 25.3 Å². The molecular formula is C28H26N4O3S. The second-order valence-electron chi connectivity index (χ2n) is 8.54. The van der Waals surface area contributed by atoms with Crippen LogP contribution in [0.5, 0.6) is 0 Å². The van der Waals surface area contributed by atoms with Gasteiger partial charge in [0.2, 0.25) is 11.8 Å². The number of hydrogen-bond donors (Lipinski definition) is 1. The van der Waals surface area contributed by atoms with Gasteiger partial charge < -0.3 is 10.2 Å². The largest absolute Gasteiger partial charge is 0.324 e. The van der Waals surface area contributed by atoms with E-state index in [0.717, 1.165) is 24.1 Å². The van der Waals surface area contributed by atoms with E-state index in [9.17, 15) is 14.4 Å². The normalized spacial score (nSPS) is 13.4. The van der Waals surface area contributed by atoms with Crippen molar-refractivity contribution in [2.75, 3.05) is 22.5 Å². The number of benzene rings is 3. The van der Waals surface area contributed by atoms with Crippen molar-refractivity contribution in [2.24, 2.45) is 0 Å². The summed E-state index contributed by atoms with van der Waals surface area (Å²) in [7, 11) is 0. The Kier molecular flexibility index (Phi) is 6.86. The van der Waals surface area contributed by atoms with Gasteiger partial charge in [0.05, 0.1) is 33.7 Å². The topological polar surface area (TPSA) is 84.3 Å². The third-order valence-corrected chi connectivity index (χ3v) is 7.17. The summed E-state index contributed by atoms with van der Waals surface area (Å²) in [6, 6.07) is 22.3. The second kappa shape index (κ2) is 10.4. The Hall–Kier alpha value is -3.91. The molecule has 0 aliphatic carbocycles. The van der Waals surface area contributed by atoms with E-state index in [1.54, 1.807) is 27.7 Å². The monoisotopic (exact) mass is 498 g/mol. The first-order valence-electron chi connectivity index (χ1n) is 12.0. The molecule has 1 aliphatic rings. The predicted octanol–water partition coefficient (Wildman–Crippen LogP) is 4.81. The standard InChI is InChI=1S/C28H26N4O3S/c1-2-19-10-3-7-14-23(19)32-27(35)20-11-4-5-12-21(20)30-28(32)36-18-25(33)29-22-13-6-8-15-24(22)31-17-9-16-26(31)34/h3-8,10-15H,2,9,16-18H2,1H3,(H,29,33). The average molecular weight is 499 g/mol. The van der Waals surface area contributed by atoms with Gasteiger partial charge in [0, 0.05) is 13.0 Å². The van der Waals surface area contributed by atoms with Crippen LogP contribution in [0.4, 0.5) is 11.4 Å². The van der Waals surface area contributed by atoms with Crippen LogP contribution in [-0.2, 0) is 16.0 Å². The van der Waals surface area contributed by atoms with Crippen LogP contribution in [0.2, 0.25) is 0 Å². The summed E-state index contributed by atoms with van der Waals surface area (Å²) in [6.45, 7) is 2.69. The molecule has 2 heterocycles. The number of aromatic nitrogens is 2. The van der Waals surface area contributed by atoms with Gasteiger partial charge in [0.25, 0.3) is 5.56 Å². The van der Waals surface area contributed by atoms with Crippen molar-refractivity contribution < 1.29 is 9.59 Å². The number of thioether (sulfide) groups is 1. The fourth-order valence-electron chi connectivity index (χ4n) is 4.48. The molecule has 2 amide bonds. The quantitative estimate of drug-likeness (QED) is 0.292. The van der Waals surface area contributed by atoms with Gasteiger partial charge >= 0.3 is 0 Å². The first kappa shape index (κ1) is 23.8. The summed E-state index contributed by atoms with van der Waals surface area (Å²) < 4.78 is 1.61. The predicted molar refractivity (Wildman–Crippen MR) is 144 cm³/mol. The number of para-hydroxylation sites is 4. The molecule has 1 aliphatic heterocycles. The van der Waals surface area contributed by atoms with Gasteiger partial charge in [0.1, 0.15) is 0 Å². The van der Waals surface area contributed by atoms with Crippen molar-refractivity contribution >= 4 is 45.9 Å². The number of aryl methyl sites for hydroxylation is 1. The van der Waals surface area contributed by atoms with Crippen LogP contribution in [-0.4, -0.2) is 33.7 Å². The summed E-state index contributed by atoms with van der Waals surface area (Å²) in [6.07, 6.45) is 2.08. The number of carbonyl (C=O) groups excluding carboxylic acids is 2. The van der Waals surface area contributed by atoms with Gasteiger partial charge in [-0.1, -0.05) is 61.2 Å². The van der Waals surface area contributed by atoms with Crippen LogP contribution in [0.3, 0.4) is 0 Å². The van der Waals surface area contributed by atoms with E-state index in [0.29, 0.717) is 40.4 Å². The third kappa shape index (κ3) is 4.64. The molecule has 3 aromatic carbocycles. The van der Waals surface area contributed by atoms with Gasteiger partial charge in [-0.15, -0.1) is 0 Å². The molecule has 0 unspecified atom stereocenters. The zero-order valence-corrected chi connectivity index (χ0v) is 20.8. The molecule has 1 N–H and O–H groups in total. The molecule has 4 aromatic rings. The van der Waals surface area contributed by atoms with Gasteiger partial charge in [-0.25, -0.2) is 4.98 Å². The van der Waals surface area contributed by atoms with Crippen LogP contribution >= 0.6 is 11.8 Å².